The van der Waals surface area contributed by atoms with E-state index in [1.54, 1.807) is 30.3 Å². The molecular formula is C22H19F3O3. The monoisotopic (exact) mass is 388 g/mol. The van der Waals surface area contributed by atoms with Crippen LogP contribution in [0.3, 0.4) is 0 Å². The lowest BCUT2D eigenvalue weighted by atomic mass is 9.96. The maximum atomic E-state index is 12.8. The fraction of sp³-hybridized carbons (Fsp3) is 0.227. The smallest absolute Gasteiger partial charge is 0.416 e. The second-order valence-electron chi connectivity index (χ2n) is 6.63. The number of carboxylic acid groups (broad SMARTS) is 1. The van der Waals surface area contributed by atoms with Crippen LogP contribution in [0.25, 0.3) is 5.57 Å². The number of allylic oxidation sites excluding steroid dienone is 2. The highest BCUT2D eigenvalue weighted by atomic mass is 19.4. The van der Waals surface area contributed by atoms with Gasteiger partial charge in [-0.2, -0.15) is 13.2 Å². The predicted molar refractivity (Wildman–Crippen MR) is 100.0 cm³/mol. The van der Waals surface area contributed by atoms with Gasteiger partial charge in [0.25, 0.3) is 0 Å². The van der Waals surface area contributed by atoms with E-state index in [2.05, 4.69) is 0 Å². The van der Waals surface area contributed by atoms with Crippen LogP contribution in [0.15, 0.2) is 66.8 Å². The summed E-state index contributed by atoms with van der Waals surface area (Å²) in [5.74, 6) is 0.249. The van der Waals surface area contributed by atoms with E-state index in [1.807, 2.05) is 0 Å². The predicted octanol–water partition coefficient (Wildman–Crippen LogP) is 5.57. The molecule has 0 radical (unpaired) electrons. The maximum absolute atomic E-state index is 12.8. The van der Waals surface area contributed by atoms with E-state index < -0.39 is 17.7 Å². The Hall–Kier alpha value is -3.02. The average molecular weight is 388 g/mol. The molecule has 3 nitrogen and oxygen atoms in total. The van der Waals surface area contributed by atoms with E-state index >= 15 is 0 Å². The lowest BCUT2D eigenvalue weighted by molar-refractivity contribution is -0.137. The molecule has 0 saturated heterocycles. The molecule has 28 heavy (non-hydrogen) atoms. The quantitative estimate of drug-likeness (QED) is 0.498. The third kappa shape index (κ3) is 5.49. The summed E-state index contributed by atoms with van der Waals surface area (Å²) in [7, 11) is 0. The number of hydrogen-bond acceptors (Lipinski definition) is 2. The number of rotatable bonds is 7. The first-order chi connectivity index (χ1) is 13.3. The standard InChI is InChI=1S/C22H19F3O3/c23-22(24,25)18-10-6-16(7-11-18)20(2-1-3-21(26)27)17-8-12-19(13-9-17)28-14-15-4-5-15/h1-3,6-13,15H,4-5,14H2,(H,26,27). The van der Waals surface area contributed by atoms with Crippen molar-refractivity contribution in [2.45, 2.75) is 19.0 Å². The number of alkyl halides is 3. The van der Waals surface area contributed by atoms with Gasteiger partial charge in [0.1, 0.15) is 5.75 Å². The molecule has 1 saturated carbocycles. The van der Waals surface area contributed by atoms with Crippen LogP contribution < -0.4 is 4.74 Å². The molecule has 1 aliphatic rings. The van der Waals surface area contributed by atoms with Crippen molar-refractivity contribution in [1.29, 1.82) is 0 Å². The van der Waals surface area contributed by atoms with Crippen molar-refractivity contribution in [1.82, 2.24) is 0 Å². The molecule has 1 fully saturated rings. The van der Waals surface area contributed by atoms with Gasteiger partial charge in [-0.25, -0.2) is 4.79 Å². The van der Waals surface area contributed by atoms with Gasteiger partial charge in [0.05, 0.1) is 12.2 Å². The highest BCUT2D eigenvalue weighted by Crippen LogP contribution is 2.32. The number of carboxylic acids is 1. The van der Waals surface area contributed by atoms with Crippen LogP contribution in [-0.2, 0) is 11.0 Å². The number of benzene rings is 2. The van der Waals surface area contributed by atoms with Crippen LogP contribution in [-0.4, -0.2) is 17.7 Å². The minimum atomic E-state index is -4.41. The lowest BCUT2D eigenvalue weighted by Gasteiger charge is -2.12. The molecule has 0 aromatic heterocycles. The summed E-state index contributed by atoms with van der Waals surface area (Å²) in [5, 5.41) is 8.78. The normalized spacial score (nSPS) is 15.0. The molecular weight excluding hydrogens is 369 g/mol. The summed E-state index contributed by atoms with van der Waals surface area (Å²) in [5.41, 5.74) is 1.17. The third-order valence-corrected chi connectivity index (χ3v) is 4.37. The first-order valence-electron chi connectivity index (χ1n) is 8.85. The molecule has 1 N–H and O–H groups in total. The molecule has 2 aromatic rings. The molecule has 0 amide bonds. The van der Waals surface area contributed by atoms with Crippen molar-refractivity contribution in [2.24, 2.45) is 5.92 Å². The Morgan fingerprint density at radius 3 is 2.11 bits per heavy atom. The van der Waals surface area contributed by atoms with Gasteiger partial charge in [0.15, 0.2) is 0 Å². The lowest BCUT2D eigenvalue weighted by Crippen LogP contribution is -2.04. The molecule has 146 valence electrons. The van der Waals surface area contributed by atoms with Crippen LogP contribution in [0.4, 0.5) is 13.2 Å². The van der Waals surface area contributed by atoms with Gasteiger partial charge in [0.2, 0.25) is 0 Å². The van der Waals surface area contributed by atoms with Crippen LogP contribution >= 0.6 is 0 Å². The van der Waals surface area contributed by atoms with Crippen LogP contribution in [0, 0.1) is 5.92 Å². The summed E-state index contributed by atoms with van der Waals surface area (Å²) in [4.78, 5) is 10.7. The number of ether oxygens (including phenoxy) is 1. The van der Waals surface area contributed by atoms with E-state index in [1.165, 1.54) is 31.1 Å². The van der Waals surface area contributed by atoms with Gasteiger partial charge < -0.3 is 9.84 Å². The van der Waals surface area contributed by atoms with Crippen molar-refractivity contribution < 1.29 is 27.8 Å². The molecule has 6 heteroatoms. The molecule has 0 unspecified atom stereocenters. The van der Waals surface area contributed by atoms with E-state index in [4.69, 9.17) is 9.84 Å². The second-order valence-corrected chi connectivity index (χ2v) is 6.63. The Balaban J connectivity index is 1.87. The average Bonchev–Trinajstić information content (AvgIpc) is 3.48. The van der Waals surface area contributed by atoms with Gasteiger partial charge in [-0.05, 0) is 59.7 Å². The Labute approximate surface area is 160 Å². The van der Waals surface area contributed by atoms with E-state index in [9.17, 15) is 18.0 Å². The Morgan fingerprint density at radius 2 is 1.61 bits per heavy atom. The molecule has 1 aliphatic carbocycles. The summed E-state index contributed by atoms with van der Waals surface area (Å²) < 4.78 is 44.1. The van der Waals surface area contributed by atoms with Crippen LogP contribution in [0.5, 0.6) is 5.75 Å². The number of carbonyl (C=O) groups is 1. The van der Waals surface area contributed by atoms with Crippen molar-refractivity contribution in [3.05, 3.63) is 83.4 Å². The first-order valence-corrected chi connectivity index (χ1v) is 8.85. The van der Waals surface area contributed by atoms with Crippen molar-refractivity contribution in [3.8, 4) is 5.75 Å². The summed E-state index contributed by atoms with van der Waals surface area (Å²) in [6.07, 6.45) is 1.86. The Kier molecular flexibility index (Phi) is 5.87. The fourth-order valence-electron chi connectivity index (χ4n) is 2.65. The van der Waals surface area contributed by atoms with Crippen LogP contribution in [0.1, 0.15) is 29.5 Å². The molecule has 0 spiro atoms. The van der Waals surface area contributed by atoms with Crippen LogP contribution in [0.2, 0.25) is 0 Å². The number of hydrogen-bond donors (Lipinski definition) is 1. The summed E-state index contributed by atoms with van der Waals surface area (Å²) >= 11 is 0. The highest BCUT2D eigenvalue weighted by Gasteiger charge is 2.30. The largest absolute Gasteiger partial charge is 0.493 e. The van der Waals surface area contributed by atoms with Crippen molar-refractivity contribution in [2.75, 3.05) is 6.61 Å². The highest BCUT2D eigenvalue weighted by molar-refractivity contribution is 5.84. The minimum absolute atomic E-state index is 0.551. The number of aliphatic carboxylic acids is 1. The molecule has 0 aliphatic heterocycles. The zero-order valence-electron chi connectivity index (χ0n) is 14.9. The third-order valence-electron chi connectivity index (χ3n) is 4.37. The van der Waals surface area contributed by atoms with E-state index in [0.717, 1.165) is 29.5 Å². The molecule has 2 aromatic carbocycles. The van der Waals surface area contributed by atoms with Crippen molar-refractivity contribution >= 4 is 11.5 Å². The van der Waals surface area contributed by atoms with Gasteiger partial charge in [-0.1, -0.05) is 36.4 Å². The zero-order valence-corrected chi connectivity index (χ0v) is 14.9. The van der Waals surface area contributed by atoms with E-state index in [0.29, 0.717) is 23.7 Å². The SMILES string of the molecule is O=C(O)C=CC=C(c1ccc(OCC2CC2)cc1)c1ccc(C(F)(F)F)cc1. The molecule has 0 bridgehead atoms. The first kappa shape index (κ1) is 19.7. The Bertz CT molecular complexity index is 875. The molecule has 3 rings (SSSR count). The minimum Gasteiger partial charge on any atom is -0.493 e. The summed E-state index contributed by atoms with van der Waals surface area (Å²) in [6.45, 7) is 0.683. The summed E-state index contributed by atoms with van der Waals surface area (Å²) in [6, 6.07) is 12.0. The second kappa shape index (κ2) is 8.33. The van der Waals surface area contributed by atoms with Gasteiger partial charge >= 0.3 is 12.1 Å². The van der Waals surface area contributed by atoms with Crippen molar-refractivity contribution in [3.63, 3.8) is 0 Å². The number of halogens is 3. The fourth-order valence-corrected chi connectivity index (χ4v) is 2.65. The topological polar surface area (TPSA) is 46.5 Å². The molecule has 0 atom stereocenters. The Morgan fingerprint density at radius 1 is 1.04 bits per heavy atom. The molecule has 0 heterocycles. The van der Waals surface area contributed by atoms with E-state index in [-0.39, 0.29) is 0 Å². The maximum Gasteiger partial charge on any atom is 0.416 e. The van der Waals surface area contributed by atoms with Gasteiger partial charge in [0, 0.05) is 6.08 Å². The zero-order chi connectivity index (χ0) is 20.1. The van der Waals surface area contributed by atoms with Gasteiger partial charge in [-0.3, -0.25) is 0 Å². The van der Waals surface area contributed by atoms with Gasteiger partial charge in [-0.15, -0.1) is 0 Å².